The Hall–Kier alpha value is -1.69. The summed E-state index contributed by atoms with van der Waals surface area (Å²) in [5, 5.41) is 4.75. The summed E-state index contributed by atoms with van der Waals surface area (Å²) < 4.78 is 5.32. The van der Waals surface area contributed by atoms with E-state index in [0.717, 1.165) is 10.6 Å². The van der Waals surface area contributed by atoms with Gasteiger partial charge in [0.05, 0.1) is 12.4 Å². The van der Waals surface area contributed by atoms with Crippen molar-refractivity contribution in [2.75, 3.05) is 18.9 Å². The summed E-state index contributed by atoms with van der Waals surface area (Å²) in [6.07, 6.45) is 0. The third kappa shape index (κ3) is 6.15. The molecule has 1 aromatic rings. The Kier molecular flexibility index (Phi) is 6.81. The van der Waals surface area contributed by atoms with Crippen molar-refractivity contribution in [2.45, 2.75) is 18.7 Å². The molecule has 1 aromatic carbocycles. The molecule has 19 heavy (non-hydrogen) atoms. The van der Waals surface area contributed by atoms with Crippen LogP contribution >= 0.6 is 11.8 Å². The second-order valence-electron chi connectivity index (χ2n) is 3.60. The van der Waals surface area contributed by atoms with Crippen LogP contribution in [-0.4, -0.2) is 30.8 Å². The zero-order chi connectivity index (χ0) is 14.1. The Labute approximate surface area is 117 Å². The number of urea groups is 1. The quantitative estimate of drug-likeness (QED) is 0.783. The number of benzene rings is 1. The van der Waals surface area contributed by atoms with Crippen molar-refractivity contribution in [3.05, 3.63) is 24.3 Å². The van der Waals surface area contributed by atoms with E-state index in [1.165, 1.54) is 11.8 Å². The second-order valence-corrected chi connectivity index (χ2v) is 4.65. The van der Waals surface area contributed by atoms with Crippen molar-refractivity contribution >= 4 is 23.7 Å². The first kappa shape index (κ1) is 15.4. The maximum absolute atomic E-state index is 11.5. The topological polar surface area (TPSA) is 67.4 Å². The van der Waals surface area contributed by atoms with Crippen LogP contribution in [0.4, 0.5) is 4.79 Å². The van der Waals surface area contributed by atoms with Gasteiger partial charge in [0.1, 0.15) is 5.75 Å². The Balaban J connectivity index is 2.35. The molecule has 0 aliphatic heterocycles. The largest absolute Gasteiger partial charge is 0.494 e. The van der Waals surface area contributed by atoms with Crippen LogP contribution in [0.3, 0.4) is 0 Å². The minimum absolute atomic E-state index is 0.200. The van der Waals surface area contributed by atoms with Crippen molar-refractivity contribution in [3.8, 4) is 5.75 Å². The monoisotopic (exact) mass is 282 g/mol. The first-order valence-corrected chi connectivity index (χ1v) is 7.07. The number of hydrogen-bond donors (Lipinski definition) is 2. The van der Waals surface area contributed by atoms with Gasteiger partial charge in [-0.2, -0.15) is 0 Å². The maximum atomic E-state index is 11.5. The Morgan fingerprint density at radius 1 is 1.21 bits per heavy atom. The second kappa shape index (κ2) is 8.42. The number of imide groups is 1. The molecule has 0 saturated carbocycles. The smallest absolute Gasteiger partial charge is 0.321 e. The van der Waals surface area contributed by atoms with Crippen molar-refractivity contribution in [1.82, 2.24) is 10.6 Å². The first-order chi connectivity index (χ1) is 9.15. The summed E-state index contributed by atoms with van der Waals surface area (Å²) in [7, 11) is 0. The lowest BCUT2D eigenvalue weighted by atomic mass is 10.3. The highest BCUT2D eigenvalue weighted by atomic mass is 32.2. The van der Waals surface area contributed by atoms with Gasteiger partial charge in [0, 0.05) is 11.4 Å². The zero-order valence-electron chi connectivity index (χ0n) is 11.1. The summed E-state index contributed by atoms with van der Waals surface area (Å²) in [5.41, 5.74) is 0. The molecule has 0 fully saturated rings. The lowest BCUT2D eigenvalue weighted by Gasteiger charge is -2.06. The van der Waals surface area contributed by atoms with E-state index in [2.05, 4.69) is 10.6 Å². The molecule has 2 N–H and O–H groups in total. The number of thioether (sulfide) groups is 1. The molecule has 0 unspecified atom stereocenters. The van der Waals surface area contributed by atoms with Crippen LogP contribution in [0.5, 0.6) is 5.75 Å². The summed E-state index contributed by atoms with van der Waals surface area (Å²) in [4.78, 5) is 23.5. The highest BCUT2D eigenvalue weighted by Crippen LogP contribution is 2.21. The zero-order valence-corrected chi connectivity index (χ0v) is 11.9. The molecular weight excluding hydrogens is 264 g/mol. The van der Waals surface area contributed by atoms with Gasteiger partial charge in [-0.15, -0.1) is 11.8 Å². The standard InChI is InChI=1S/C13H18N2O3S/c1-3-14-13(17)15-12(16)9-19-11-7-5-10(6-8-11)18-4-2/h5-8H,3-4,9H2,1-2H3,(H2,14,15,16,17). The van der Waals surface area contributed by atoms with E-state index in [0.29, 0.717) is 13.2 Å². The molecule has 0 heterocycles. The van der Waals surface area contributed by atoms with Crippen LogP contribution in [0.15, 0.2) is 29.2 Å². The van der Waals surface area contributed by atoms with Crippen molar-refractivity contribution in [3.63, 3.8) is 0 Å². The minimum Gasteiger partial charge on any atom is -0.494 e. The van der Waals surface area contributed by atoms with E-state index >= 15 is 0 Å². The van der Waals surface area contributed by atoms with E-state index in [9.17, 15) is 9.59 Å². The Morgan fingerprint density at radius 2 is 1.89 bits per heavy atom. The molecule has 1 rings (SSSR count). The number of nitrogens with one attached hydrogen (secondary N) is 2. The molecule has 0 aromatic heterocycles. The predicted molar refractivity (Wildman–Crippen MR) is 75.6 cm³/mol. The van der Waals surface area contributed by atoms with Crippen molar-refractivity contribution in [1.29, 1.82) is 0 Å². The number of carbonyl (C=O) groups excluding carboxylic acids is 2. The first-order valence-electron chi connectivity index (χ1n) is 6.09. The van der Waals surface area contributed by atoms with Crippen LogP contribution in [0.1, 0.15) is 13.8 Å². The minimum atomic E-state index is -0.459. The Morgan fingerprint density at radius 3 is 2.47 bits per heavy atom. The number of amides is 3. The highest BCUT2D eigenvalue weighted by Gasteiger charge is 2.07. The fraction of sp³-hybridized carbons (Fsp3) is 0.385. The van der Waals surface area contributed by atoms with Gasteiger partial charge in [0.15, 0.2) is 0 Å². The molecule has 0 aliphatic rings. The van der Waals surface area contributed by atoms with Crippen LogP contribution < -0.4 is 15.4 Å². The molecule has 5 nitrogen and oxygen atoms in total. The van der Waals surface area contributed by atoms with Crippen LogP contribution in [0.25, 0.3) is 0 Å². The predicted octanol–water partition coefficient (Wildman–Crippen LogP) is 2.02. The summed E-state index contributed by atoms with van der Waals surface area (Å²) in [6.45, 7) is 4.83. The van der Waals surface area contributed by atoms with Gasteiger partial charge in [-0.3, -0.25) is 10.1 Å². The highest BCUT2D eigenvalue weighted by molar-refractivity contribution is 8.00. The Bertz CT molecular complexity index is 420. The molecule has 104 valence electrons. The van der Waals surface area contributed by atoms with E-state index in [4.69, 9.17) is 4.74 Å². The SMILES string of the molecule is CCNC(=O)NC(=O)CSc1ccc(OCC)cc1. The van der Waals surface area contributed by atoms with Crippen LogP contribution in [0, 0.1) is 0 Å². The van der Waals surface area contributed by atoms with Gasteiger partial charge in [-0.05, 0) is 38.1 Å². The molecular formula is C13H18N2O3S. The van der Waals surface area contributed by atoms with Crippen molar-refractivity contribution in [2.24, 2.45) is 0 Å². The van der Waals surface area contributed by atoms with Gasteiger partial charge in [0.25, 0.3) is 0 Å². The molecule has 0 bridgehead atoms. The molecule has 0 spiro atoms. The van der Waals surface area contributed by atoms with Gasteiger partial charge in [-0.25, -0.2) is 4.79 Å². The van der Waals surface area contributed by atoms with E-state index in [1.54, 1.807) is 6.92 Å². The van der Waals surface area contributed by atoms with Crippen molar-refractivity contribution < 1.29 is 14.3 Å². The summed E-state index contributed by atoms with van der Waals surface area (Å²) >= 11 is 1.37. The molecule has 3 amide bonds. The number of carbonyl (C=O) groups is 2. The van der Waals surface area contributed by atoms with E-state index in [1.807, 2.05) is 31.2 Å². The third-order valence-electron chi connectivity index (χ3n) is 2.09. The number of ether oxygens (including phenoxy) is 1. The molecule has 0 radical (unpaired) electrons. The molecule has 0 atom stereocenters. The van der Waals surface area contributed by atoms with Crippen LogP contribution in [0.2, 0.25) is 0 Å². The van der Waals surface area contributed by atoms with Gasteiger partial charge < -0.3 is 10.1 Å². The molecule has 6 heteroatoms. The lowest BCUT2D eigenvalue weighted by Crippen LogP contribution is -2.40. The molecule has 0 saturated heterocycles. The van der Waals surface area contributed by atoms with Crippen LogP contribution in [-0.2, 0) is 4.79 Å². The summed E-state index contributed by atoms with van der Waals surface area (Å²) in [6, 6.07) is 7.02. The van der Waals surface area contributed by atoms with Gasteiger partial charge >= 0.3 is 6.03 Å². The molecule has 0 aliphatic carbocycles. The fourth-order valence-electron chi connectivity index (χ4n) is 1.32. The number of rotatable bonds is 6. The van der Waals surface area contributed by atoms with Gasteiger partial charge in [0.2, 0.25) is 5.91 Å². The van der Waals surface area contributed by atoms with Gasteiger partial charge in [-0.1, -0.05) is 0 Å². The normalized spacial score (nSPS) is 9.79. The number of hydrogen-bond acceptors (Lipinski definition) is 4. The van der Waals surface area contributed by atoms with E-state index < -0.39 is 6.03 Å². The average Bonchev–Trinajstić information content (AvgIpc) is 2.38. The average molecular weight is 282 g/mol. The maximum Gasteiger partial charge on any atom is 0.321 e. The summed E-state index contributed by atoms with van der Waals surface area (Å²) in [5.74, 6) is 0.689. The lowest BCUT2D eigenvalue weighted by molar-refractivity contribution is -0.117. The fourth-order valence-corrected chi connectivity index (χ4v) is 2.01. The third-order valence-corrected chi connectivity index (χ3v) is 3.11. The van der Waals surface area contributed by atoms with E-state index in [-0.39, 0.29) is 11.7 Å².